The third-order valence-corrected chi connectivity index (χ3v) is 3.41. The highest BCUT2D eigenvalue weighted by molar-refractivity contribution is 5.95. The zero-order valence-corrected chi connectivity index (χ0v) is 11.4. The van der Waals surface area contributed by atoms with Gasteiger partial charge in [-0.15, -0.1) is 0 Å². The van der Waals surface area contributed by atoms with Crippen LogP contribution in [0.15, 0.2) is 35.1 Å². The summed E-state index contributed by atoms with van der Waals surface area (Å²) >= 11 is 0. The molecule has 0 aliphatic carbocycles. The first-order valence-corrected chi connectivity index (χ1v) is 6.14. The minimum absolute atomic E-state index is 0.165. The molecule has 0 saturated heterocycles. The Kier molecular flexibility index (Phi) is 3.46. The smallest absolute Gasteiger partial charge is 0.326 e. The van der Waals surface area contributed by atoms with Gasteiger partial charge >= 0.3 is 5.70 Å². The number of aliphatic imine (C=N–C) groups is 1. The van der Waals surface area contributed by atoms with Crippen molar-refractivity contribution in [3.05, 3.63) is 56.9 Å². The molecule has 1 aromatic rings. The fourth-order valence-electron chi connectivity index (χ4n) is 2.10. The quantitative estimate of drug-likeness (QED) is 0.549. The molecule has 1 aromatic carbocycles. The number of rotatable bonds is 3. The van der Waals surface area contributed by atoms with Crippen LogP contribution in [-0.2, 0) is 6.42 Å². The lowest BCUT2D eigenvalue weighted by Gasteiger charge is -2.29. The molecule has 7 nitrogen and oxygen atoms in total. The molecule has 1 atom stereocenters. The second-order valence-corrected chi connectivity index (χ2v) is 4.89. The lowest BCUT2D eigenvalue weighted by Crippen LogP contribution is -2.55. The first-order chi connectivity index (χ1) is 9.32. The number of nitrogens with zero attached hydrogens (tertiary/aromatic N) is 2. The van der Waals surface area contributed by atoms with Crippen molar-refractivity contribution >= 4 is 5.84 Å². The van der Waals surface area contributed by atoms with Gasteiger partial charge in [0.2, 0.25) is 5.84 Å². The van der Waals surface area contributed by atoms with Crippen LogP contribution in [0.5, 0.6) is 0 Å². The zero-order chi connectivity index (χ0) is 14.9. The van der Waals surface area contributed by atoms with Gasteiger partial charge in [-0.3, -0.25) is 15.8 Å². The molecule has 0 fully saturated rings. The Morgan fingerprint density at radius 3 is 2.75 bits per heavy atom. The molecule has 0 spiro atoms. The van der Waals surface area contributed by atoms with Crippen LogP contribution in [0.25, 0.3) is 0 Å². The van der Waals surface area contributed by atoms with Gasteiger partial charge in [-0.25, -0.2) is 4.99 Å². The summed E-state index contributed by atoms with van der Waals surface area (Å²) in [6.45, 7) is 4.01. The minimum Gasteiger partial charge on any atom is -0.378 e. The van der Waals surface area contributed by atoms with Gasteiger partial charge in [0.05, 0.1) is 11.1 Å². The number of nitrogens with one attached hydrogen (secondary N) is 1. The van der Waals surface area contributed by atoms with E-state index in [0.717, 1.165) is 16.7 Å². The van der Waals surface area contributed by atoms with Crippen LogP contribution in [0, 0.1) is 24.0 Å². The van der Waals surface area contributed by atoms with Crippen molar-refractivity contribution in [2.24, 2.45) is 16.5 Å². The molecule has 2 rings (SSSR count). The van der Waals surface area contributed by atoms with E-state index in [1.54, 1.807) is 0 Å². The fraction of sp³-hybridized carbons (Fsp3) is 0.308. The van der Waals surface area contributed by atoms with Crippen molar-refractivity contribution in [3.8, 4) is 0 Å². The van der Waals surface area contributed by atoms with Crippen LogP contribution in [-0.4, -0.2) is 16.5 Å². The summed E-state index contributed by atoms with van der Waals surface area (Å²) in [6.07, 6.45) is 1.59. The third-order valence-electron chi connectivity index (χ3n) is 3.41. The van der Waals surface area contributed by atoms with E-state index in [9.17, 15) is 10.1 Å². The summed E-state index contributed by atoms with van der Waals surface area (Å²) in [5.74, 6) is -1.33. The zero-order valence-electron chi connectivity index (χ0n) is 11.4. The molecular formula is C13H17N5O2. The predicted molar refractivity (Wildman–Crippen MR) is 76.4 cm³/mol. The molecule has 1 heterocycles. The molecule has 0 saturated carbocycles. The number of hydrogen-bond donors (Lipinski definition) is 3. The van der Waals surface area contributed by atoms with E-state index < -0.39 is 10.7 Å². The van der Waals surface area contributed by atoms with Gasteiger partial charge < -0.3 is 11.1 Å². The summed E-state index contributed by atoms with van der Waals surface area (Å²) in [7, 11) is 0. The van der Waals surface area contributed by atoms with Crippen LogP contribution >= 0.6 is 0 Å². The Balaban J connectivity index is 2.27. The number of hydrogen-bond acceptors (Lipinski definition) is 6. The highest BCUT2D eigenvalue weighted by Gasteiger charge is 2.32. The second kappa shape index (κ2) is 4.93. The predicted octanol–water partition coefficient (Wildman–Crippen LogP) is 0.537. The van der Waals surface area contributed by atoms with Crippen LogP contribution in [0.1, 0.15) is 16.7 Å². The summed E-state index contributed by atoms with van der Waals surface area (Å²) in [6, 6.07) is 5.91. The molecule has 1 aliphatic heterocycles. The van der Waals surface area contributed by atoms with Gasteiger partial charge in [-0.1, -0.05) is 18.2 Å². The number of nitro groups is 1. The van der Waals surface area contributed by atoms with Crippen molar-refractivity contribution in [1.29, 1.82) is 0 Å². The lowest BCUT2D eigenvalue weighted by atomic mass is 9.98. The van der Waals surface area contributed by atoms with Gasteiger partial charge in [-0.2, -0.15) is 0 Å². The van der Waals surface area contributed by atoms with Gasteiger partial charge in [0.15, 0.2) is 5.79 Å². The molecule has 20 heavy (non-hydrogen) atoms. The highest BCUT2D eigenvalue weighted by Crippen LogP contribution is 2.19. The van der Waals surface area contributed by atoms with Crippen LogP contribution in [0.4, 0.5) is 0 Å². The lowest BCUT2D eigenvalue weighted by molar-refractivity contribution is -0.416. The maximum absolute atomic E-state index is 10.7. The molecule has 5 N–H and O–H groups in total. The topological polar surface area (TPSA) is 120 Å². The summed E-state index contributed by atoms with van der Waals surface area (Å²) in [5.41, 5.74) is 14.7. The molecule has 106 valence electrons. The van der Waals surface area contributed by atoms with Crippen molar-refractivity contribution < 1.29 is 4.92 Å². The molecule has 1 aliphatic rings. The third kappa shape index (κ3) is 2.62. The number of amidine groups is 1. The molecule has 0 amide bonds. The van der Waals surface area contributed by atoms with Gasteiger partial charge in [-0.05, 0) is 30.5 Å². The maximum Gasteiger partial charge on any atom is 0.326 e. The number of aryl methyl sites for hydroxylation is 1. The average molecular weight is 275 g/mol. The number of benzene rings is 1. The second-order valence-electron chi connectivity index (χ2n) is 4.89. The molecule has 0 aromatic heterocycles. The Morgan fingerprint density at radius 2 is 2.15 bits per heavy atom. The summed E-state index contributed by atoms with van der Waals surface area (Å²) < 4.78 is 0. The Hall–Kier alpha value is -2.41. The van der Waals surface area contributed by atoms with E-state index in [1.165, 1.54) is 6.20 Å². The SMILES string of the molecule is Cc1cccc(CC2(N)N=C(N)C([N+](=O)[O-])=CN2)c1C. The van der Waals surface area contributed by atoms with Crippen LogP contribution < -0.4 is 16.8 Å². The van der Waals surface area contributed by atoms with E-state index in [2.05, 4.69) is 10.3 Å². The van der Waals surface area contributed by atoms with Crippen molar-refractivity contribution in [2.75, 3.05) is 0 Å². The Morgan fingerprint density at radius 1 is 1.45 bits per heavy atom. The van der Waals surface area contributed by atoms with Crippen molar-refractivity contribution in [2.45, 2.75) is 26.1 Å². The van der Waals surface area contributed by atoms with Gasteiger partial charge in [0.1, 0.15) is 0 Å². The normalized spacial score (nSPS) is 21.8. The standard InChI is InChI=1S/C13H17N5O2/c1-8-4-3-5-10(9(8)2)6-13(15)16-7-11(18(19)20)12(14)17-13/h3-5,7,16H,6,15H2,1-2H3,(H2,14,17). The molecule has 0 bridgehead atoms. The van der Waals surface area contributed by atoms with E-state index in [0.29, 0.717) is 6.42 Å². The maximum atomic E-state index is 10.7. The van der Waals surface area contributed by atoms with E-state index in [-0.39, 0.29) is 11.5 Å². The molecule has 0 radical (unpaired) electrons. The summed E-state index contributed by atoms with van der Waals surface area (Å²) in [4.78, 5) is 14.2. The van der Waals surface area contributed by atoms with Crippen LogP contribution in [0.2, 0.25) is 0 Å². The van der Waals surface area contributed by atoms with E-state index in [1.807, 2.05) is 32.0 Å². The molecular weight excluding hydrogens is 258 g/mol. The fourth-order valence-corrected chi connectivity index (χ4v) is 2.10. The van der Waals surface area contributed by atoms with Gasteiger partial charge in [0.25, 0.3) is 0 Å². The van der Waals surface area contributed by atoms with Crippen LogP contribution in [0.3, 0.4) is 0 Å². The Labute approximate surface area is 116 Å². The molecule has 7 heteroatoms. The Bertz CT molecular complexity index is 623. The van der Waals surface area contributed by atoms with E-state index >= 15 is 0 Å². The highest BCUT2D eigenvalue weighted by atomic mass is 16.6. The number of nitrogens with two attached hydrogens (primary N) is 2. The summed E-state index contributed by atoms with van der Waals surface area (Å²) in [5, 5.41) is 13.5. The monoisotopic (exact) mass is 275 g/mol. The van der Waals surface area contributed by atoms with Crippen molar-refractivity contribution in [1.82, 2.24) is 5.32 Å². The van der Waals surface area contributed by atoms with Gasteiger partial charge in [0, 0.05) is 6.42 Å². The largest absolute Gasteiger partial charge is 0.378 e. The first kappa shape index (κ1) is 14.0. The molecule has 1 unspecified atom stereocenters. The first-order valence-electron chi connectivity index (χ1n) is 6.14. The van der Waals surface area contributed by atoms with Crippen molar-refractivity contribution in [3.63, 3.8) is 0 Å². The van der Waals surface area contributed by atoms with E-state index in [4.69, 9.17) is 11.5 Å². The minimum atomic E-state index is -1.16. The average Bonchev–Trinajstić information content (AvgIpc) is 2.34.